The molecule has 1 aromatic rings. The fourth-order valence-electron chi connectivity index (χ4n) is 0.971. The van der Waals surface area contributed by atoms with Gasteiger partial charge in [0.15, 0.2) is 0 Å². The maximum atomic E-state index is 11.3. The summed E-state index contributed by atoms with van der Waals surface area (Å²) in [5.41, 5.74) is 0.101. The number of hydrogen-bond acceptors (Lipinski definition) is 2. The van der Waals surface area contributed by atoms with Crippen molar-refractivity contribution >= 4 is 12.0 Å². The quantitative estimate of drug-likeness (QED) is 0.745. The first-order valence-electron chi connectivity index (χ1n) is 4.23. The van der Waals surface area contributed by atoms with Crippen LogP contribution in [0.1, 0.15) is 24.2 Å². The number of rotatable bonds is 2. The van der Waals surface area contributed by atoms with Gasteiger partial charge in [0.05, 0.1) is 5.56 Å². The summed E-state index contributed by atoms with van der Waals surface area (Å²) in [5, 5.41) is 11.3. The molecule has 0 spiro atoms. The number of hydrogen-bond donors (Lipinski definition) is 2. The molecule has 0 atom stereocenters. The number of carbonyl (C=O) groups is 2. The van der Waals surface area contributed by atoms with Gasteiger partial charge < -0.3 is 10.4 Å². The van der Waals surface area contributed by atoms with E-state index in [2.05, 4.69) is 5.32 Å². The molecular weight excluding hydrogens is 184 g/mol. The van der Waals surface area contributed by atoms with Gasteiger partial charge in [-0.3, -0.25) is 4.57 Å². The zero-order valence-corrected chi connectivity index (χ0v) is 8.02. The fraction of sp³-hybridized carbons (Fsp3) is 0.333. The molecule has 0 radical (unpaired) electrons. The van der Waals surface area contributed by atoms with Crippen molar-refractivity contribution in [3.63, 3.8) is 0 Å². The van der Waals surface area contributed by atoms with Gasteiger partial charge in [0.25, 0.3) is 0 Å². The lowest BCUT2D eigenvalue weighted by molar-refractivity contribution is 0.0697. The number of nitrogens with one attached hydrogen (secondary N) is 1. The van der Waals surface area contributed by atoms with Crippen molar-refractivity contribution in [2.24, 2.45) is 0 Å². The van der Waals surface area contributed by atoms with Gasteiger partial charge in [-0.05, 0) is 19.9 Å². The Morgan fingerprint density at radius 3 is 2.57 bits per heavy atom. The molecule has 5 heteroatoms. The molecule has 0 unspecified atom stereocenters. The van der Waals surface area contributed by atoms with Gasteiger partial charge in [0, 0.05) is 18.4 Å². The average molecular weight is 196 g/mol. The van der Waals surface area contributed by atoms with Crippen LogP contribution in [0.5, 0.6) is 0 Å². The van der Waals surface area contributed by atoms with Crippen LogP contribution in [0.3, 0.4) is 0 Å². The Morgan fingerprint density at radius 1 is 1.50 bits per heavy atom. The summed E-state index contributed by atoms with van der Waals surface area (Å²) >= 11 is 0. The van der Waals surface area contributed by atoms with Gasteiger partial charge >= 0.3 is 12.0 Å². The fourth-order valence-corrected chi connectivity index (χ4v) is 0.971. The molecule has 5 nitrogen and oxygen atoms in total. The highest BCUT2D eigenvalue weighted by molar-refractivity contribution is 5.89. The molecule has 1 rings (SSSR count). The normalized spacial score (nSPS) is 10.2. The van der Waals surface area contributed by atoms with Crippen LogP contribution in [0.4, 0.5) is 4.79 Å². The summed E-state index contributed by atoms with van der Waals surface area (Å²) in [4.78, 5) is 21.9. The van der Waals surface area contributed by atoms with Gasteiger partial charge in [-0.25, -0.2) is 9.59 Å². The minimum Gasteiger partial charge on any atom is -0.478 e. The van der Waals surface area contributed by atoms with E-state index in [1.54, 1.807) is 0 Å². The lowest BCUT2D eigenvalue weighted by Crippen LogP contribution is -2.33. The van der Waals surface area contributed by atoms with E-state index < -0.39 is 5.97 Å². The van der Waals surface area contributed by atoms with Gasteiger partial charge in [-0.2, -0.15) is 0 Å². The second-order valence-corrected chi connectivity index (χ2v) is 3.22. The molecule has 0 fully saturated rings. The van der Waals surface area contributed by atoms with Crippen molar-refractivity contribution in [3.05, 3.63) is 24.0 Å². The molecule has 0 aliphatic heterocycles. The van der Waals surface area contributed by atoms with Crippen LogP contribution in [-0.2, 0) is 0 Å². The van der Waals surface area contributed by atoms with Crippen molar-refractivity contribution in [3.8, 4) is 0 Å². The van der Waals surface area contributed by atoms with Crippen LogP contribution < -0.4 is 5.32 Å². The van der Waals surface area contributed by atoms with Crippen LogP contribution in [0.25, 0.3) is 0 Å². The smallest absolute Gasteiger partial charge is 0.337 e. The topological polar surface area (TPSA) is 71.3 Å². The lowest BCUT2D eigenvalue weighted by Gasteiger charge is -2.07. The third-order valence-electron chi connectivity index (χ3n) is 1.59. The summed E-state index contributed by atoms with van der Waals surface area (Å²) in [7, 11) is 0. The van der Waals surface area contributed by atoms with Gasteiger partial charge in [-0.1, -0.05) is 0 Å². The van der Waals surface area contributed by atoms with Crippen molar-refractivity contribution in [1.82, 2.24) is 9.88 Å². The van der Waals surface area contributed by atoms with E-state index in [4.69, 9.17) is 5.11 Å². The van der Waals surface area contributed by atoms with Crippen LogP contribution in [0.15, 0.2) is 18.5 Å². The molecule has 1 heterocycles. The highest BCUT2D eigenvalue weighted by Gasteiger charge is 2.09. The molecule has 76 valence electrons. The molecule has 0 aromatic carbocycles. The molecule has 0 aliphatic carbocycles. The van der Waals surface area contributed by atoms with E-state index in [-0.39, 0.29) is 17.6 Å². The first-order chi connectivity index (χ1) is 6.50. The highest BCUT2D eigenvalue weighted by atomic mass is 16.4. The number of amides is 1. The number of carboxylic acids is 1. The van der Waals surface area contributed by atoms with E-state index in [9.17, 15) is 9.59 Å². The molecule has 14 heavy (non-hydrogen) atoms. The monoisotopic (exact) mass is 196 g/mol. The van der Waals surface area contributed by atoms with E-state index >= 15 is 0 Å². The van der Waals surface area contributed by atoms with E-state index in [1.807, 2.05) is 13.8 Å². The summed E-state index contributed by atoms with van der Waals surface area (Å²) in [5.74, 6) is -1.04. The van der Waals surface area contributed by atoms with Crippen molar-refractivity contribution in [2.45, 2.75) is 19.9 Å². The predicted octanol–water partition coefficient (Wildman–Crippen LogP) is 1.15. The Bertz CT molecular complexity index is 355. The molecule has 0 bridgehead atoms. The number of nitrogens with zero attached hydrogens (tertiary/aromatic N) is 1. The second-order valence-electron chi connectivity index (χ2n) is 3.22. The average Bonchev–Trinajstić information content (AvgIpc) is 2.50. The van der Waals surface area contributed by atoms with Crippen molar-refractivity contribution in [2.75, 3.05) is 0 Å². The largest absolute Gasteiger partial charge is 0.478 e. The molecule has 0 saturated carbocycles. The Balaban J connectivity index is 2.76. The minimum atomic E-state index is -1.04. The van der Waals surface area contributed by atoms with E-state index in [1.165, 1.54) is 23.0 Å². The van der Waals surface area contributed by atoms with Crippen LogP contribution >= 0.6 is 0 Å². The molecule has 1 aromatic heterocycles. The zero-order chi connectivity index (χ0) is 10.7. The predicted molar refractivity (Wildman–Crippen MR) is 50.5 cm³/mol. The number of aromatic carboxylic acids is 1. The van der Waals surface area contributed by atoms with E-state index in [0.29, 0.717) is 0 Å². The van der Waals surface area contributed by atoms with Gasteiger partial charge in [0.2, 0.25) is 0 Å². The zero-order valence-electron chi connectivity index (χ0n) is 8.02. The van der Waals surface area contributed by atoms with Gasteiger partial charge in [0.1, 0.15) is 0 Å². The van der Waals surface area contributed by atoms with Crippen LogP contribution in [-0.4, -0.2) is 27.7 Å². The Kier molecular flexibility index (Phi) is 2.91. The van der Waals surface area contributed by atoms with E-state index in [0.717, 1.165) is 0 Å². The Labute approximate surface area is 81.3 Å². The number of carboxylic acid groups (broad SMARTS) is 1. The Hall–Kier alpha value is -1.78. The molecule has 0 saturated heterocycles. The number of aromatic nitrogens is 1. The van der Waals surface area contributed by atoms with Crippen molar-refractivity contribution in [1.29, 1.82) is 0 Å². The first-order valence-corrected chi connectivity index (χ1v) is 4.23. The Morgan fingerprint density at radius 2 is 2.14 bits per heavy atom. The SMILES string of the molecule is CC(C)NC(=O)n1ccc(C(=O)O)c1. The standard InChI is InChI=1S/C9H12N2O3/c1-6(2)10-9(14)11-4-3-7(5-11)8(12)13/h3-6H,1-2H3,(H,10,14)(H,12,13). The molecular formula is C9H12N2O3. The maximum absolute atomic E-state index is 11.3. The second kappa shape index (κ2) is 3.95. The third kappa shape index (κ3) is 2.35. The summed E-state index contributed by atoms with van der Waals surface area (Å²) in [6, 6.07) is 1.08. The highest BCUT2D eigenvalue weighted by Crippen LogP contribution is 2.00. The van der Waals surface area contributed by atoms with Crippen molar-refractivity contribution < 1.29 is 14.7 Å². The lowest BCUT2D eigenvalue weighted by atomic mass is 10.4. The molecule has 2 N–H and O–H groups in total. The first kappa shape index (κ1) is 10.3. The third-order valence-corrected chi connectivity index (χ3v) is 1.59. The van der Waals surface area contributed by atoms with Crippen LogP contribution in [0, 0.1) is 0 Å². The van der Waals surface area contributed by atoms with Gasteiger partial charge in [-0.15, -0.1) is 0 Å². The maximum Gasteiger partial charge on any atom is 0.337 e. The molecule has 1 amide bonds. The summed E-state index contributed by atoms with van der Waals surface area (Å²) in [6.45, 7) is 3.67. The minimum absolute atomic E-state index is 0.0261. The molecule has 0 aliphatic rings. The van der Waals surface area contributed by atoms with Crippen LogP contribution in [0.2, 0.25) is 0 Å². The summed E-state index contributed by atoms with van der Waals surface area (Å²) < 4.78 is 1.21. The summed E-state index contributed by atoms with van der Waals surface area (Å²) in [6.07, 6.45) is 2.70. The number of carbonyl (C=O) groups excluding carboxylic acids is 1.